The normalized spacial score (nSPS) is 27.8. The molecule has 1 aromatic carbocycles. The molecule has 1 heterocycles. The minimum Gasteiger partial charge on any atom is -0.480 e. The van der Waals surface area contributed by atoms with E-state index in [2.05, 4.69) is 17.5 Å². The van der Waals surface area contributed by atoms with E-state index in [1.165, 1.54) is 0 Å². The second kappa shape index (κ2) is 3.88. The summed E-state index contributed by atoms with van der Waals surface area (Å²) < 4.78 is 0. The predicted molar refractivity (Wildman–Crippen MR) is 66.2 cm³/mol. The molecule has 0 radical (unpaired) electrons. The number of aliphatic carboxylic acids is 1. The molecule has 1 aromatic rings. The Bertz CT molecular complexity index is 586. The number of hydrogen-bond donors (Lipinski definition) is 2. The fourth-order valence-corrected chi connectivity index (χ4v) is 2.91. The van der Waals surface area contributed by atoms with Crippen molar-refractivity contribution in [3.05, 3.63) is 41.5 Å². The summed E-state index contributed by atoms with van der Waals surface area (Å²) in [7, 11) is 0. The molecule has 90 valence electrons. The van der Waals surface area contributed by atoms with Crippen molar-refractivity contribution in [2.75, 3.05) is 5.32 Å². The Labute approximate surface area is 105 Å². The molecule has 0 aromatic heterocycles. The van der Waals surface area contributed by atoms with Crippen molar-refractivity contribution in [2.24, 2.45) is 5.92 Å². The first-order valence-corrected chi connectivity index (χ1v) is 5.91. The maximum atomic E-state index is 11.3. The van der Waals surface area contributed by atoms with E-state index in [0.717, 1.165) is 17.7 Å². The highest BCUT2D eigenvalue weighted by atomic mass is 16.4. The van der Waals surface area contributed by atoms with Gasteiger partial charge in [-0.1, -0.05) is 12.2 Å². The third-order valence-corrected chi connectivity index (χ3v) is 3.76. The van der Waals surface area contributed by atoms with Crippen LogP contribution in [-0.2, 0) is 4.79 Å². The first-order valence-electron chi connectivity index (χ1n) is 5.91. The fourth-order valence-electron chi connectivity index (χ4n) is 2.91. The van der Waals surface area contributed by atoms with Crippen molar-refractivity contribution in [1.82, 2.24) is 0 Å². The van der Waals surface area contributed by atoms with Crippen LogP contribution in [0.15, 0.2) is 30.4 Å². The Hall–Kier alpha value is -2.28. The monoisotopic (exact) mass is 240 g/mol. The van der Waals surface area contributed by atoms with Gasteiger partial charge >= 0.3 is 5.97 Å². The van der Waals surface area contributed by atoms with Crippen LogP contribution >= 0.6 is 0 Å². The van der Waals surface area contributed by atoms with Crippen LogP contribution in [0, 0.1) is 17.2 Å². The van der Waals surface area contributed by atoms with Crippen molar-refractivity contribution < 1.29 is 9.90 Å². The largest absolute Gasteiger partial charge is 0.480 e. The summed E-state index contributed by atoms with van der Waals surface area (Å²) in [4.78, 5) is 11.3. The molecule has 1 aliphatic carbocycles. The number of nitrogens with one attached hydrogen (secondary N) is 1. The standard InChI is InChI=1S/C14H12N2O2/c15-7-8-4-5-12-11(6-8)9-2-1-3-10(9)13(16-12)14(17)18/h1-2,4-6,9-10,13,16H,3H2,(H,17,18)/t9-,10+,13-/m0/s1. The van der Waals surface area contributed by atoms with E-state index >= 15 is 0 Å². The minimum absolute atomic E-state index is 0.0453. The van der Waals surface area contributed by atoms with Gasteiger partial charge in [0.05, 0.1) is 11.6 Å². The molecule has 0 unspecified atom stereocenters. The highest BCUT2D eigenvalue weighted by molar-refractivity contribution is 5.80. The van der Waals surface area contributed by atoms with Gasteiger partial charge in [0.15, 0.2) is 0 Å². The van der Waals surface area contributed by atoms with Gasteiger partial charge in [-0.05, 0) is 30.2 Å². The van der Waals surface area contributed by atoms with Gasteiger partial charge in [-0.25, -0.2) is 4.79 Å². The topological polar surface area (TPSA) is 73.1 Å². The number of hydrogen-bond acceptors (Lipinski definition) is 3. The van der Waals surface area contributed by atoms with Crippen LogP contribution in [-0.4, -0.2) is 17.1 Å². The molecule has 0 fully saturated rings. The molecule has 4 heteroatoms. The lowest BCUT2D eigenvalue weighted by Gasteiger charge is -2.34. The Kier molecular flexibility index (Phi) is 2.34. The van der Waals surface area contributed by atoms with E-state index in [0.29, 0.717) is 5.56 Å². The zero-order valence-corrected chi connectivity index (χ0v) is 9.63. The van der Waals surface area contributed by atoms with E-state index < -0.39 is 12.0 Å². The van der Waals surface area contributed by atoms with Crippen molar-refractivity contribution in [3.63, 3.8) is 0 Å². The van der Waals surface area contributed by atoms with Crippen molar-refractivity contribution in [2.45, 2.75) is 18.4 Å². The van der Waals surface area contributed by atoms with E-state index in [-0.39, 0.29) is 11.8 Å². The molecule has 0 saturated carbocycles. The van der Waals surface area contributed by atoms with Crippen LogP contribution in [0.3, 0.4) is 0 Å². The van der Waals surface area contributed by atoms with Gasteiger partial charge in [-0.15, -0.1) is 0 Å². The van der Waals surface area contributed by atoms with Gasteiger partial charge in [-0.3, -0.25) is 0 Å². The average molecular weight is 240 g/mol. The molecule has 0 amide bonds. The van der Waals surface area contributed by atoms with Gasteiger partial charge < -0.3 is 10.4 Å². The molecule has 1 aliphatic heterocycles. The Morgan fingerprint density at radius 1 is 1.50 bits per heavy atom. The van der Waals surface area contributed by atoms with Gasteiger partial charge in [0, 0.05) is 17.5 Å². The lowest BCUT2D eigenvalue weighted by Crippen LogP contribution is -2.41. The van der Waals surface area contributed by atoms with Crippen molar-refractivity contribution in [3.8, 4) is 6.07 Å². The predicted octanol–water partition coefficient (Wildman–Crippen LogP) is 2.10. The summed E-state index contributed by atoms with van der Waals surface area (Å²) in [5.41, 5.74) is 2.47. The highest BCUT2D eigenvalue weighted by Crippen LogP contribution is 2.44. The summed E-state index contributed by atoms with van der Waals surface area (Å²) in [6.07, 6.45) is 4.85. The van der Waals surface area contributed by atoms with E-state index in [1.807, 2.05) is 12.1 Å². The molecule has 0 spiro atoms. The van der Waals surface area contributed by atoms with Crippen LogP contribution < -0.4 is 5.32 Å². The van der Waals surface area contributed by atoms with E-state index in [9.17, 15) is 9.90 Å². The maximum Gasteiger partial charge on any atom is 0.326 e. The lowest BCUT2D eigenvalue weighted by atomic mass is 9.79. The van der Waals surface area contributed by atoms with Crippen LogP contribution in [0.2, 0.25) is 0 Å². The Morgan fingerprint density at radius 2 is 2.33 bits per heavy atom. The van der Waals surface area contributed by atoms with Crippen molar-refractivity contribution in [1.29, 1.82) is 5.26 Å². The minimum atomic E-state index is -0.816. The summed E-state index contributed by atoms with van der Waals surface area (Å²) in [6.45, 7) is 0. The van der Waals surface area contributed by atoms with Crippen LogP contribution in [0.4, 0.5) is 5.69 Å². The van der Waals surface area contributed by atoms with Gasteiger partial charge in [0.2, 0.25) is 0 Å². The molecule has 4 nitrogen and oxygen atoms in total. The zero-order valence-electron chi connectivity index (χ0n) is 9.63. The molecule has 2 N–H and O–H groups in total. The lowest BCUT2D eigenvalue weighted by molar-refractivity contribution is -0.139. The SMILES string of the molecule is N#Cc1ccc2c(c1)[C@H]1C=CC[C@H]1[C@@H](C(=O)O)N2. The third-order valence-electron chi connectivity index (χ3n) is 3.76. The smallest absolute Gasteiger partial charge is 0.326 e. The van der Waals surface area contributed by atoms with E-state index in [4.69, 9.17) is 5.26 Å². The Balaban J connectivity index is 2.09. The van der Waals surface area contributed by atoms with Gasteiger partial charge in [0.25, 0.3) is 0 Å². The number of allylic oxidation sites excluding steroid dienone is 2. The number of anilines is 1. The number of fused-ring (bicyclic) bond motifs is 3. The van der Waals surface area contributed by atoms with Crippen LogP contribution in [0.5, 0.6) is 0 Å². The summed E-state index contributed by atoms with van der Waals surface area (Å²) in [5, 5.41) is 21.3. The molecule has 18 heavy (non-hydrogen) atoms. The number of carbonyl (C=O) groups is 1. The molecule has 3 atom stereocenters. The Morgan fingerprint density at radius 3 is 3.06 bits per heavy atom. The number of rotatable bonds is 1. The molecular weight excluding hydrogens is 228 g/mol. The third kappa shape index (κ3) is 1.48. The summed E-state index contributed by atoms with van der Waals surface area (Å²) in [6, 6.07) is 6.94. The van der Waals surface area contributed by atoms with Crippen LogP contribution in [0.1, 0.15) is 23.5 Å². The number of benzene rings is 1. The number of carboxylic acids is 1. The first-order chi connectivity index (χ1) is 8.70. The molecular formula is C14H12N2O2. The highest BCUT2D eigenvalue weighted by Gasteiger charge is 2.40. The van der Waals surface area contributed by atoms with Gasteiger partial charge in [0.1, 0.15) is 6.04 Å². The second-order valence-corrected chi connectivity index (χ2v) is 4.73. The average Bonchev–Trinajstić information content (AvgIpc) is 2.86. The van der Waals surface area contributed by atoms with Crippen molar-refractivity contribution >= 4 is 11.7 Å². The summed E-state index contributed by atoms with van der Waals surface area (Å²) >= 11 is 0. The number of nitriles is 1. The zero-order chi connectivity index (χ0) is 12.7. The maximum absolute atomic E-state index is 11.3. The molecule has 3 rings (SSSR count). The fraction of sp³-hybridized carbons (Fsp3) is 0.286. The summed E-state index contributed by atoms with van der Waals surface area (Å²) in [5.74, 6) is -0.664. The number of nitrogens with zero attached hydrogens (tertiary/aromatic N) is 1. The second-order valence-electron chi connectivity index (χ2n) is 4.73. The molecule has 0 saturated heterocycles. The first kappa shape index (κ1) is 10.8. The molecule has 0 bridgehead atoms. The van der Waals surface area contributed by atoms with Crippen LogP contribution in [0.25, 0.3) is 0 Å². The molecule has 2 aliphatic rings. The van der Waals surface area contributed by atoms with E-state index in [1.54, 1.807) is 12.1 Å². The quantitative estimate of drug-likeness (QED) is 0.737. The number of carboxylic acid groups (broad SMARTS) is 1. The van der Waals surface area contributed by atoms with Gasteiger partial charge in [-0.2, -0.15) is 5.26 Å².